The Morgan fingerprint density at radius 1 is 1.10 bits per heavy atom. The number of rotatable bonds is 5. The van der Waals surface area contributed by atoms with Crippen LogP contribution in [-0.4, -0.2) is 54.7 Å². The van der Waals surface area contributed by atoms with Gasteiger partial charge in [0.05, 0.1) is 6.04 Å². The molecule has 0 unspecified atom stereocenters. The van der Waals surface area contributed by atoms with E-state index in [0.717, 1.165) is 55.5 Å². The van der Waals surface area contributed by atoms with Crippen LogP contribution in [0.3, 0.4) is 0 Å². The first-order valence-corrected chi connectivity index (χ1v) is 10.3. The molecule has 2 aromatic carbocycles. The number of amides is 1. The molecule has 1 fully saturated rings. The summed E-state index contributed by atoms with van der Waals surface area (Å²) in [7, 11) is 0. The van der Waals surface area contributed by atoms with Gasteiger partial charge in [-0.1, -0.05) is 23.7 Å². The van der Waals surface area contributed by atoms with Gasteiger partial charge in [0.25, 0.3) is 0 Å². The second-order valence-electron chi connectivity index (χ2n) is 7.62. The second-order valence-corrected chi connectivity index (χ2v) is 8.06. The van der Waals surface area contributed by atoms with Crippen molar-refractivity contribution < 1.29 is 14.3 Å². The predicted molar refractivity (Wildman–Crippen MR) is 114 cm³/mol. The standard InChI is InChI=1S/C22H26ClN3O3/c1-15-3-5-18(23)12-19(15)24-22(27)16(2)26-9-7-25(8-10-26)13-17-4-6-20-21(11-17)29-14-28-20/h3-6,11-12,16H,7-10,13-14H2,1-2H3,(H,24,27)/t16-/m1/s1. The third-order valence-electron chi connectivity index (χ3n) is 5.63. The molecule has 2 aliphatic rings. The van der Waals surface area contributed by atoms with Gasteiger partial charge in [0.15, 0.2) is 11.5 Å². The van der Waals surface area contributed by atoms with Crippen LogP contribution in [0.4, 0.5) is 5.69 Å². The Labute approximate surface area is 176 Å². The van der Waals surface area contributed by atoms with Gasteiger partial charge in [-0.15, -0.1) is 0 Å². The van der Waals surface area contributed by atoms with Crippen molar-refractivity contribution in [3.8, 4) is 11.5 Å². The number of ether oxygens (including phenoxy) is 2. The Bertz CT molecular complexity index is 897. The number of hydrogen-bond acceptors (Lipinski definition) is 5. The Kier molecular flexibility index (Phi) is 5.94. The predicted octanol–water partition coefficient (Wildman–Crippen LogP) is 3.52. The fourth-order valence-electron chi connectivity index (χ4n) is 3.74. The highest BCUT2D eigenvalue weighted by molar-refractivity contribution is 6.31. The van der Waals surface area contributed by atoms with E-state index in [1.165, 1.54) is 5.56 Å². The van der Waals surface area contributed by atoms with Gasteiger partial charge in [-0.2, -0.15) is 0 Å². The minimum atomic E-state index is -0.193. The Morgan fingerprint density at radius 2 is 1.86 bits per heavy atom. The van der Waals surface area contributed by atoms with E-state index < -0.39 is 0 Å². The molecule has 2 heterocycles. The molecule has 0 spiro atoms. The van der Waals surface area contributed by atoms with Crippen molar-refractivity contribution in [2.45, 2.75) is 26.4 Å². The maximum absolute atomic E-state index is 12.7. The summed E-state index contributed by atoms with van der Waals surface area (Å²) in [6, 6.07) is 11.5. The molecule has 0 aliphatic carbocycles. The lowest BCUT2D eigenvalue weighted by molar-refractivity contribution is -0.121. The van der Waals surface area contributed by atoms with Crippen molar-refractivity contribution in [2.24, 2.45) is 0 Å². The zero-order chi connectivity index (χ0) is 20.4. The highest BCUT2D eigenvalue weighted by Gasteiger charge is 2.26. The van der Waals surface area contributed by atoms with E-state index >= 15 is 0 Å². The van der Waals surface area contributed by atoms with Crippen LogP contribution in [0.25, 0.3) is 0 Å². The highest BCUT2D eigenvalue weighted by Crippen LogP contribution is 2.33. The van der Waals surface area contributed by atoms with Crippen molar-refractivity contribution in [3.63, 3.8) is 0 Å². The molecular formula is C22H26ClN3O3. The lowest BCUT2D eigenvalue weighted by Crippen LogP contribution is -2.52. The molecule has 1 saturated heterocycles. The molecule has 1 amide bonds. The monoisotopic (exact) mass is 415 g/mol. The number of aryl methyl sites for hydroxylation is 1. The number of piperazine rings is 1. The van der Waals surface area contributed by atoms with Crippen LogP contribution >= 0.6 is 11.6 Å². The summed E-state index contributed by atoms with van der Waals surface area (Å²) in [6.45, 7) is 8.64. The summed E-state index contributed by atoms with van der Waals surface area (Å²) in [4.78, 5) is 17.4. The van der Waals surface area contributed by atoms with Gasteiger partial charge in [-0.05, 0) is 49.2 Å². The SMILES string of the molecule is Cc1ccc(Cl)cc1NC(=O)[C@@H](C)N1CCN(Cc2ccc3c(c2)OCO3)CC1. The topological polar surface area (TPSA) is 54.0 Å². The number of carbonyl (C=O) groups is 1. The highest BCUT2D eigenvalue weighted by atomic mass is 35.5. The third kappa shape index (κ3) is 4.66. The van der Waals surface area contributed by atoms with Gasteiger partial charge < -0.3 is 14.8 Å². The fraction of sp³-hybridized carbons (Fsp3) is 0.409. The average molecular weight is 416 g/mol. The molecule has 29 heavy (non-hydrogen) atoms. The molecule has 2 aliphatic heterocycles. The summed E-state index contributed by atoms with van der Waals surface area (Å²) >= 11 is 6.06. The van der Waals surface area contributed by atoms with Crippen molar-refractivity contribution >= 4 is 23.2 Å². The average Bonchev–Trinajstić information content (AvgIpc) is 3.18. The Balaban J connectivity index is 1.29. The number of halogens is 1. The van der Waals surface area contributed by atoms with Crippen LogP contribution in [-0.2, 0) is 11.3 Å². The van der Waals surface area contributed by atoms with Crippen LogP contribution < -0.4 is 14.8 Å². The molecule has 1 N–H and O–H groups in total. The van der Waals surface area contributed by atoms with Gasteiger partial charge in [0.1, 0.15) is 0 Å². The van der Waals surface area contributed by atoms with Gasteiger partial charge in [-0.3, -0.25) is 14.6 Å². The van der Waals surface area contributed by atoms with Gasteiger partial charge in [-0.25, -0.2) is 0 Å². The molecule has 0 bridgehead atoms. The van der Waals surface area contributed by atoms with E-state index in [9.17, 15) is 4.79 Å². The van der Waals surface area contributed by atoms with Gasteiger partial charge in [0, 0.05) is 43.4 Å². The first kappa shape index (κ1) is 20.0. The summed E-state index contributed by atoms with van der Waals surface area (Å²) in [5.74, 6) is 1.63. The minimum absolute atomic E-state index is 0.000382. The zero-order valence-corrected chi connectivity index (χ0v) is 17.5. The number of nitrogens with zero attached hydrogens (tertiary/aromatic N) is 2. The molecule has 6 nitrogen and oxygen atoms in total. The van der Waals surface area contributed by atoms with Crippen LogP contribution in [0, 0.1) is 6.92 Å². The number of anilines is 1. The van der Waals surface area contributed by atoms with E-state index in [1.54, 1.807) is 6.07 Å². The Morgan fingerprint density at radius 3 is 2.66 bits per heavy atom. The second kappa shape index (κ2) is 8.61. The van der Waals surface area contributed by atoms with E-state index in [-0.39, 0.29) is 11.9 Å². The first-order valence-electron chi connectivity index (χ1n) is 9.91. The lowest BCUT2D eigenvalue weighted by atomic mass is 10.1. The molecule has 1 atom stereocenters. The number of benzene rings is 2. The maximum atomic E-state index is 12.7. The number of carbonyl (C=O) groups excluding carboxylic acids is 1. The number of hydrogen-bond donors (Lipinski definition) is 1. The molecule has 7 heteroatoms. The molecule has 2 aromatic rings. The first-order chi connectivity index (χ1) is 14.0. The fourth-order valence-corrected chi connectivity index (χ4v) is 3.91. The van der Waals surface area contributed by atoms with E-state index in [4.69, 9.17) is 21.1 Å². The van der Waals surface area contributed by atoms with Crippen LogP contribution in [0.15, 0.2) is 36.4 Å². The van der Waals surface area contributed by atoms with Crippen molar-refractivity contribution in [1.82, 2.24) is 9.80 Å². The normalized spacial score (nSPS) is 17.9. The molecule has 154 valence electrons. The number of fused-ring (bicyclic) bond motifs is 1. The van der Waals surface area contributed by atoms with Crippen LogP contribution in [0.5, 0.6) is 11.5 Å². The van der Waals surface area contributed by atoms with E-state index in [0.29, 0.717) is 11.8 Å². The molecule has 0 aromatic heterocycles. The summed E-state index contributed by atoms with van der Waals surface area (Å²) in [5, 5.41) is 3.64. The van der Waals surface area contributed by atoms with Crippen molar-refractivity contribution in [2.75, 3.05) is 38.3 Å². The third-order valence-corrected chi connectivity index (χ3v) is 5.87. The van der Waals surface area contributed by atoms with Gasteiger partial charge >= 0.3 is 0 Å². The van der Waals surface area contributed by atoms with Crippen LogP contribution in [0.1, 0.15) is 18.1 Å². The maximum Gasteiger partial charge on any atom is 0.241 e. The van der Waals surface area contributed by atoms with Crippen LogP contribution in [0.2, 0.25) is 5.02 Å². The van der Waals surface area contributed by atoms with E-state index in [2.05, 4.69) is 27.2 Å². The number of nitrogens with one attached hydrogen (secondary N) is 1. The smallest absolute Gasteiger partial charge is 0.241 e. The minimum Gasteiger partial charge on any atom is -0.454 e. The summed E-state index contributed by atoms with van der Waals surface area (Å²) < 4.78 is 10.8. The quantitative estimate of drug-likeness (QED) is 0.809. The van der Waals surface area contributed by atoms with Crippen molar-refractivity contribution in [3.05, 3.63) is 52.5 Å². The zero-order valence-electron chi connectivity index (χ0n) is 16.8. The van der Waals surface area contributed by atoms with Crippen molar-refractivity contribution in [1.29, 1.82) is 0 Å². The Hall–Kier alpha value is -2.28. The summed E-state index contributed by atoms with van der Waals surface area (Å²) in [5.41, 5.74) is 2.99. The van der Waals surface area contributed by atoms with Gasteiger partial charge in [0.2, 0.25) is 12.7 Å². The molecule has 0 radical (unpaired) electrons. The largest absolute Gasteiger partial charge is 0.454 e. The van der Waals surface area contributed by atoms with E-state index in [1.807, 2.05) is 32.0 Å². The molecule has 0 saturated carbocycles. The summed E-state index contributed by atoms with van der Waals surface area (Å²) in [6.07, 6.45) is 0. The molecule has 4 rings (SSSR count). The lowest BCUT2D eigenvalue weighted by Gasteiger charge is -2.37. The molecular weight excluding hydrogens is 390 g/mol.